The van der Waals surface area contributed by atoms with E-state index >= 15 is 0 Å². The zero-order valence-electron chi connectivity index (χ0n) is 16.8. The first-order chi connectivity index (χ1) is 14.0. The number of methoxy groups -OCH3 is 1. The summed E-state index contributed by atoms with van der Waals surface area (Å²) in [5.74, 6) is -1.14. The molecule has 29 heavy (non-hydrogen) atoms. The number of carbonyl (C=O) groups excluding carboxylic acids is 3. The van der Waals surface area contributed by atoms with Crippen LogP contribution in [0.5, 0.6) is 5.75 Å². The first-order valence-electron chi connectivity index (χ1n) is 9.41. The van der Waals surface area contributed by atoms with E-state index < -0.39 is 17.9 Å². The average Bonchev–Trinajstić information content (AvgIpc) is 2.75. The van der Waals surface area contributed by atoms with Crippen LogP contribution in [-0.4, -0.2) is 37.5 Å². The van der Waals surface area contributed by atoms with Crippen molar-refractivity contribution in [2.75, 3.05) is 19.0 Å². The molecule has 0 fully saturated rings. The first-order valence-corrected chi connectivity index (χ1v) is 9.41. The van der Waals surface area contributed by atoms with Crippen molar-refractivity contribution in [1.29, 1.82) is 0 Å². The molecule has 0 heterocycles. The summed E-state index contributed by atoms with van der Waals surface area (Å²) in [5, 5.41) is 5.42. The summed E-state index contributed by atoms with van der Waals surface area (Å²) in [5.41, 5.74) is 0.954. The normalized spacial score (nSPS) is 12.4. The van der Waals surface area contributed by atoms with Crippen molar-refractivity contribution in [2.45, 2.75) is 26.3 Å². The third kappa shape index (κ3) is 6.34. The molecule has 0 saturated heterocycles. The molecule has 2 amide bonds. The number of esters is 1. The smallest absolute Gasteiger partial charge is 0.328 e. The van der Waals surface area contributed by atoms with Crippen molar-refractivity contribution >= 4 is 23.5 Å². The molecule has 7 nitrogen and oxygen atoms in total. The van der Waals surface area contributed by atoms with E-state index in [1.54, 1.807) is 36.4 Å². The van der Waals surface area contributed by atoms with Crippen molar-refractivity contribution in [2.24, 2.45) is 5.92 Å². The van der Waals surface area contributed by atoms with Gasteiger partial charge in [0, 0.05) is 5.69 Å². The van der Waals surface area contributed by atoms with Crippen LogP contribution in [-0.2, 0) is 14.3 Å². The molecule has 2 atom stereocenters. The summed E-state index contributed by atoms with van der Waals surface area (Å²) in [6, 6.07) is 14.9. The van der Waals surface area contributed by atoms with E-state index in [4.69, 9.17) is 9.47 Å². The van der Waals surface area contributed by atoms with Gasteiger partial charge in [-0.2, -0.15) is 0 Å². The number of amides is 2. The number of para-hydroxylation sites is 2. The van der Waals surface area contributed by atoms with Crippen molar-refractivity contribution in [3.63, 3.8) is 0 Å². The monoisotopic (exact) mass is 398 g/mol. The minimum absolute atomic E-state index is 0.0877. The molecular weight excluding hydrogens is 372 g/mol. The van der Waals surface area contributed by atoms with Gasteiger partial charge in [-0.15, -0.1) is 0 Å². The SMILES string of the molecule is CC[C@H](C)[C@H](NC(=O)COc1ccccc1C(=O)Nc1ccccc1)C(=O)OC. The van der Waals surface area contributed by atoms with Crippen LogP contribution in [0.25, 0.3) is 0 Å². The Morgan fingerprint density at radius 3 is 2.31 bits per heavy atom. The Morgan fingerprint density at radius 2 is 1.66 bits per heavy atom. The summed E-state index contributed by atoms with van der Waals surface area (Å²) >= 11 is 0. The highest BCUT2D eigenvalue weighted by Crippen LogP contribution is 2.20. The minimum Gasteiger partial charge on any atom is -0.483 e. The molecule has 7 heteroatoms. The van der Waals surface area contributed by atoms with Gasteiger partial charge in [-0.1, -0.05) is 50.6 Å². The molecule has 0 aliphatic carbocycles. The van der Waals surface area contributed by atoms with E-state index in [2.05, 4.69) is 10.6 Å². The lowest BCUT2D eigenvalue weighted by atomic mass is 9.99. The number of carbonyl (C=O) groups is 3. The maximum atomic E-state index is 12.6. The topological polar surface area (TPSA) is 93.7 Å². The largest absolute Gasteiger partial charge is 0.483 e. The van der Waals surface area contributed by atoms with Gasteiger partial charge in [-0.3, -0.25) is 9.59 Å². The van der Waals surface area contributed by atoms with Gasteiger partial charge in [0.05, 0.1) is 12.7 Å². The second kappa shape index (κ2) is 10.8. The Balaban J connectivity index is 2.02. The molecule has 154 valence electrons. The number of benzene rings is 2. The van der Waals surface area contributed by atoms with Gasteiger partial charge >= 0.3 is 5.97 Å². The summed E-state index contributed by atoms with van der Waals surface area (Å²) < 4.78 is 10.3. The van der Waals surface area contributed by atoms with Crippen LogP contribution >= 0.6 is 0 Å². The Hall–Kier alpha value is -3.35. The predicted octanol–water partition coefficient (Wildman–Crippen LogP) is 3.02. The molecule has 0 unspecified atom stereocenters. The van der Waals surface area contributed by atoms with E-state index in [-0.39, 0.29) is 24.2 Å². The zero-order valence-corrected chi connectivity index (χ0v) is 16.8. The highest BCUT2D eigenvalue weighted by Gasteiger charge is 2.26. The summed E-state index contributed by atoms with van der Waals surface area (Å²) in [6.07, 6.45) is 0.698. The number of hydrogen-bond donors (Lipinski definition) is 2. The van der Waals surface area contributed by atoms with Crippen molar-refractivity contribution in [3.05, 3.63) is 60.2 Å². The molecular formula is C22H26N2O5. The van der Waals surface area contributed by atoms with Crippen LogP contribution in [0.3, 0.4) is 0 Å². The zero-order chi connectivity index (χ0) is 21.2. The predicted molar refractivity (Wildman–Crippen MR) is 110 cm³/mol. The lowest BCUT2D eigenvalue weighted by Crippen LogP contribution is -2.47. The Kier molecular flexibility index (Phi) is 8.21. The van der Waals surface area contributed by atoms with Crippen LogP contribution in [0.15, 0.2) is 54.6 Å². The summed E-state index contributed by atoms with van der Waals surface area (Å²) in [4.78, 5) is 36.8. The number of rotatable bonds is 9. The van der Waals surface area contributed by atoms with Gasteiger partial charge in [-0.25, -0.2) is 4.79 Å². The summed E-state index contributed by atoms with van der Waals surface area (Å²) in [6.45, 7) is 3.44. The lowest BCUT2D eigenvalue weighted by molar-refractivity contribution is -0.146. The van der Waals surface area contributed by atoms with E-state index in [9.17, 15) is 14.4 Å². The molecule has 0 aliphatic heterocycles. The second-order valence-electron chi connectivity index (χ2n) is 6.56. The summed E-state index contributed by atoms with van der Waals surface area (Å²) in [7, 11) is 1.28. The van der Waals surface area contributed by atoms with Crippen LogP contribution in [0.4, 0.5) is 5.69 Å². The fraction of sp³-hybridized carbons (Fsp3) is 0.318. The van der Waals surface area contributed by atoms with Crippen molar-refractivity contribution in [3.8, 4) is 5.75 Å². The standard InChI is InChI=1S/C22H26N2O5/c1-4-15(2)20(22(27)28-3)24-19(25)14-29-18-13-9-8-12-17(18)21(26)23-16-10-6-5-7-11-16/h5-13,15,20H,4,14H2,1-3H3,(H,23,26)(H,24,25)/t15-,20-/m0/s1. The second-order valence-corrected chi connectivity index (χ2v) is 6.56. The quantitative estimate of drug-likeness (QED) is 0.634. The van der Waals surface area contributed by atoms with Gasteiger partial charge in [0.1, 0.15) is 11.8 Å². The van der Waals surface area contributed by atoms with Crippen LogP contribution in [0.1, 0.15) is 30.6 Å². The Bertz CT molecular complexity index is 838. The molecule has 2 N–H and O–H groups in total. The number of anilines is 1. The lowest BCUT2D eigenvalue weighted by Gasteiger charge is -2.22. The van der Waals surface area contributed by atoms with Crippen molar-refractivity contribution in [1.82, 2.24) is 5.32 Å². The average molecular weight is 398 g/mol. The molecule has 0 bridgehead atoms. The number of nitrogens with one attached hydrogen (secondary N) is 2. The highest BCUT2D eigenvalue weighted by molar-refractivity contribution is 6.06. The molecule has 2 aromatic carbocycles. The van der Waals surface area contributed by atoms with E-state index in [1.807, 2.05) is 32.0 Å². The maximum absolute atomic E-state index is 12.6. The van der Waals surface area contributed by atoms with Gasteiger partial charge in [0.15, 0.2) is 6.61 Å². The van der Waals surface area contributed by atoms with Gasteiger partial charge in [0.2, 0.25) is 0 Å². The molecule has 0 aliphatic rings. The minimum atomic E-state index is -0.752. The third-order valence-corrected chi connectivity index (χ3v) is 4.51. The number of ether oxygens (including phenoxy) is 2. The maximum Gasteiger partial charge on any atom is 0.328 e. The fourth-order valence-electron chi connectivity index (χ4n) is 2.65. The fourth-order valence-corrected chi connectivity index (χ4v) is 2.65. The Morgan fingerprint density at radius 1 is 1.00 bits per heavy atom. The van der Waals surface area contributed by atoms with Gasteiger partial charge < -0.3 is 20.1 Å². The first kappa shape index (κ1) is 21.9. The third-order valence-electron chi connectivity index (χ3n) is 4.51. The van der Waals surface area contributed by atoms with Gasteiger partial charge in [-0.05, 0) is 30.2 Å². The molecule has 0 radical (unpaired) electrons. The van der Waals surface area contributed by atoms with Crippen LogP contribution in [0.2, 0.25) is 0 Å². The van der Waals surface area contributed by atoms with Crippen molar-refractivity contribution < 1.29 is 23.9 Å². The van der Waals surface area contributed by atoms with E-state index in [0.29, 0.717) is 17.7 Å². The molecule has 0 saturated carbocycles. The number of hydrogen-bond acceptors (Lipinski definition) is 5. The Labute approximate surface area is 170 Å². The highest BCUT2D eigenvalue weighted by atomic mass is 16.5. The van der Waals surface area contributed by atoms with Crippen LogP contribution in [0, 0.1) is 5.92 Å². The van der Waals surface area contributed by atoms with Crippen LogP contribution < -0.4 is 15.4 Å². The molecule has 2 rings (SSSR count). The molecule has 2 aromatic rings. The van der Waals surface area contributed by atoms with E-state index in [1.165, 1.54) is 7.11 Å². The van der Waals surface area contributed by atoms with E-state index in [0.717, 1.165) is 0 Å². The molecule has 0 spiro atoms. The molecule has 0 aromatic heterocycles. The van der Waals surface area contributed by atoms with Gasteiger partial charge in [0.25, 0.3) is 11.8 Å².